The van der Waals surface area contributed by atoms with Crippen LogP contribution < -0.4 is 9.68 Å². The van der Waals surface area contributed by atoms with Crippen molar-refractivity contribution < 1.29 is 49.5 Å². The van der Waals surface area contributed by atoms with Crippen molar-refractivity contribution in [2.24, 2.45) is 0 Å². The lowest BCUT2D eigenvalue weighted by Crippen LogP contribution is -2.20. The first-order valence-corrected chi connectivity index (χ1v) is 12.7. The molecule has 0 aliphatic heterocycles. The van der Waals surface area contributed by atoms with Gasteiger partial charge in [-0.15, -0.1) is 9.46 Å². The number of nitro benzene ring substituents is 2. The highest BCUT2D eigenvalue weighted by molar-refractivity contribution is 8.76. The van der Waals surface area contributed by atoms with Crippen LogP contribution in [0.3, 0.4) is 0 Å². The predicted molar refractivity (Wildman–Crippen MR) is 135 cm³/mol. The van der Waals surface area contributed by atoms with Crippen LogP contribution in [0.4, 0.5) is 11.4 Å². The van der Waals surface area contributed by atoms with Crippen molar-refractivity contribution in [3.8, 4) is 23.5 Å². The first kappa shape index (κ1) is 27.7. The van der Waals surface area contributed by atoms with Crippen LogP contribution in [0, 0.1) is 20.2 Å². The van der Waals surface area contributed by atoms with Crippen LogP contribution in [0.15, 0.2) is 70.5 Å². The van der Waals surface area contributed by atoms with Gasteiger partial charge in [0.25, 0.3) is 11.4 Å². The molecule has 18 heteroatoms. The van der Waals surface area contributed by atoms with Gasteiger partial charge in [0.1, 0.15) is 11.1 Å². The monoisotopic (exact) mass is 590 g/mol. The van der Waals surface area contributed by atoms with Crippen molar-refractivity contribution in [2.75, 3.05) is 0 Å². The van der Waals surface area contributed by atoms with Gasteiger partial charge in [-0.25, -0.2) is 9.59 Å². The number of nitrogens with zero attached hydrogens (tertiary/aromatic N) is 4. The van der Waals surface area contributed by atoms with E-state index >= 15 is 0 Å². The number of rotatable bonds is 9. The maximum Gasteiger partial charge on any atom is 0.370 e. The molecule has 4 N–H and O–H groups in total. The molecule has 0 radical (unpaired) electrons. The van der Waals surface area contributed by atoms with Crippen molar-refractivity contribution in [3.63, 3.8) is 0 Å². The lowest BCUT2D eigenvalue weighted by atomic mass is 10.2. The molecule has 2 aromatic heterocycles. The van der Waals surface area contributed by atoms with E-state index in [4.69, 9.17) is 9.68 Å². The zero-order chi connectivity index (χ0) is 29.1. The van der Waals surface area contributed by atoms with Crippen molar-refractivity contribution in [2.45, 2.75) is 9.79 Å². The Morgan fingerprint density at radius 2 is 0.950 bits per heavy atom. The molecule has 0 atom stereocenters. The van der Waals surface area contributed by atoms with Crippen LogP contribution in [0.2, 0.25) is 0 Å². The number of carbonyl (C=O) groups is 2. The summed E-state index contributed by atoms with van der Waals surface area (Å²) >= 11 is 0. The summed E-state index contributed by atoms with van der Waals surface area (Å²) in [5.41, 5.74) is -2.27. The fourth-order valence-corrected chi connectivity index (χ4v) is 5.10. The van der Waals surface area contributed by atoms with Gasteiger partial charge in [-0.1, -0.05) is 21.6 Å². The normalized spacial score (nSPS) is 10.7. The molecule has 0 saturated heterocycles. The molecule has 2 aromatic carbocycles. The zero-order valence-electron chi connectivity index (χ0n) is 19.4. The van der Waals surface area contributed by atoms with Crippen molar-refractivity contribution in [1.29, 1.82) is 0 Å². The second kappa shape index (κ2) is 11.2. The molecule has 0 fully saturated rings. The highest BCUT2D eigenvalue weighted by Crippen LogP contribution is 2.40. The van der Waals surface area contributed by atoms with E-state index in [-0.39, 0.29) is 9.79 Å². The average Bonchev–Trinajstić information content (AvgIpc) is 3.41. The van der Waals surface area contributed by atoms with E-state index in [1.807, 2.05) is 0 Å². The second-order valence-corrected chi connectivity index (χ2v) is 9.76. The number of nitro groups is 2. The summed E-state index contributed by atoms with van der Waals surface area (Å²) in [6.45, 7) is 0. The standard InChI is InChI=1S/C22H14N4O12S2/c27-17-5-6-18(28)23(17)37-21(31)13-9-11(1-3-15(13)25(33)34)39-40-12-2-4-16(26(35)36)14(10-12)22(32)38-24-19(29)7-8-20(24)30/h1-10,27-30H. The summed E-state index contributed by atoms with van der Waals surface area (Å²) in [6.07, 6.45) is 0. The summed E-state index contributed by atoms with van der Waals surface area (Å²) in [4.78, 5) is 56.8. The molecule has 0 unspecified atom stereocenters. The van der Waals surface area contributed by atoms with E-state index in [2.05, 4.69) is 0 Å². The van der Waals surface area contributed by atoms with Gasteiger partial charge in [-0.2, -0.15) is 0 Å². The van der Waals surface area contributed by atoms with Gasteiger partial charge < -0.3 is 30.1 Å². The van der Waals surface area contributed by atoms with Gasteiger partial charge in [-0.05, 0) is 24.3 Å². The van der Waals surface area contributed by atoms with Crippen LogP contribution in [-0.4, -0.2) is 51.7 Å². The van der Waals surface area contributed by atoms with E-state index in [0.717, 1.165) is 70.1 Å². The minimum absolute atomic E-state index is 0.285. The molecule has 0 aliphatic rings. The molecule has 40 heavy (non-hydrogen) atoms. The van der Waals surface area contributed by atoms with Crippen LogP contribution in [0.25, 0.3) is 0 Å². The average molecular weight is 591 g/mol. The zero-order valence-corrected chi connectivity index (χ0v) is 21.1. The molecule has 0 saturated carbocycles. The largest absolute Gasteiger partial charge is 0.492 e. The molecule has 4 rings (SSSR count). The summed E-state index contributed by atoms with van der Waals surface area (Å²) in [5.74, 6) is -5.07. The molecule has 0 amide bonds. The third-order valence-corrected chi connectivity index (χ3v) is 7.33. The van der Waals surface area contributed by atoms with Gasteiger partial charge >= 0.3 is 11.9 Å². The Morgan fingerprint density at radius 3 is 1.25 bits per heavy atom. The highest BCUT2D eigenvalue weighted by atomic mass is 33.1. The molecule has 4 aromatic rings. The van der Waals surface area contributed by atoms with Crippen LogP contribution >= 0.6 is 21.6 Å². The summed E-state index contributed by atoms with van der Waals surface area (Å²) < 4.78 is 0.733. The first-order chi connectivity index (χ1) is 19.0. The first-order valence-electron chi connectivity index (χ1n) is 10.5. The lowest BCUT2D eigenvalue weighted by molar-refractivity contribution is -0.385. The number of aromatic hydroxyl groups is 4. The number of hydrogen-bond donors (Lipinski definition) is 4. The van der Waals surface area contributed by atoms with E-state index < -0.39 is 67.8 Å². The number of benzene rings is 2. The Morgan fingerprint density at radius 1 is 0.625 bits per heavy atom. The van der Waals surface area contributed by atoms with Crippen molar-refractivity contribution in [3.05, 3.63) is 92.0 Å². The lowest BCUT2D eigenvalue weighted by Gasteiger charge is -2.09. The summed E-state index contributed by atoms with van der Waals surface area (Å²) in [6, 6.07) is 11.0. The minimum atomic E-state index is -1.27. The quantitative estimate of drug-likeness (QED) is 0.125. The van der Waals surface area contributed by atoms with E-state index in [9.17, 15) is 50.2 Å². The Hall–Kier alpha value is -5.36. The van der Waals surface area contributed by atoms with E-state index in [1.54, 1.807) is 0 Å². The smallest absolute Gasteiger partial charge is 0.370 e. The molecule has 0 aliphatic carbocycles. The van der Waals surface area contributed by atoms with Gasteiger partial charge in [0.15, 0.2) is 0 Å². The molecular formula is C22H14N4O12S2. The van der Waals surface area contributed by atoms with Crippen molar-refractivity contribution >= 4 is 44.9 Å². The number of carbonyl (C=O) groups excluding carboxylic acids is 2. The number of aromatic nitrogens is 2. The highest BCUT2D eigenvalue weighted by Gasteiger charge is 2.26. The maximum atomic E-state index is 12.6. The molecule has 206 valence electrons. The van der Waals surface area contributed by atoms with Gasteiger partial charge in [-0.3, -0.25) is 20.2 Å². The third kappa shape index (κ3) is 5.71. The molecule has 0 bridgehead atoms. The maximum absolute atomic E-state index is 12.6. The molecule has 16 nitrogen and oxygen atoms in total. The van der Waals surface area contributed by atoms with Gasteiger partial charge in [0, 0.05) is 46.2 Å². The summed E-state index contributed by atoms with van der Waals surface area (Å²) in [5, 5.41) is 61.6. The van der Waals surface area contributed by atoms with E-state index in [0.29, 0.717) is 9.46 Å². The topological polar surface area (TPSA) is 230 Å². The van der Waals surface area contributed by atoms with Crippen LogP contribution in [-0.2, 0) is 0 Å². The Labute approximate surface area is 229 Å². The molecular weight excluding hydrogens is 576 g/mol. The fourth-order valence-electron chi connectivity index (χ4n) is 3.13. The van der Waals surface area contributed by atoms with Crippen molar-refractivity contribution in [1.82, 2.24) is 9.46 Å². The van der Waals surface area contributed by atoms with Gasteiger partial charge in [0.05, 0.1) is 9.85 Å². The summed E-state index contributed by atoms with van der Waals surface area (Å²) in [7, 11) is 1.92. The van der Waals surface area contributed by atoms with Crippen LogP contribution in [0.5, 0.6) is 23.5 Å². The number of hydrogen-bond acceptors (Lipinski definition) is 14. The molecule has 2 heterocycles. The second-order valence-electron chi connectivity index (χ2n) is 7.48. The Bertz CT molecular complexity index is 1500. The Balaban J connectivity index is 1.57. The SMILES string of the molecule is O=C(On1c(O)ccc1O)c1cc(SSc2ccc([N+](=O)[O-])c(C(=O)On3c(O)ccc3O)c2)ccc1[N+](=O)[O-]. The fraction of sp³-hybridized carbons (Fsp3) is 0. The third-order valence-electron chi connectivity index (χ3n) is 4.95. The van der Waals surface area contributed by atoms with E-state index in [1.165, 1.54) is 12.1 Å². The van der Waals surface area contributed by atoms with Gasteiger partial charge in [0.2, 0.25) is 23.5 Å². The molecule has 0 spiro atoms. The predicted octanol–water partition coefficient (Wildman–Crippen LogP) is 3.27. The Kier molecular flexibility index (Phi) is 7.73. The minimum Gasteiger partial charge on any atom is -0.492 e. The van der Waals surface area contributed by atoms with Crippen LogP contribution in [0.1, 0.15) is 20.7 Å².